The van der Waals surface area contributed by atoms with Gasteiger partial charge in [-0.2, -0.15) is 0 Å². The summed E-state index contributed by atoms with van der Waals surface area (Å²) in [5.41, 5.74) is 1.43. The highest BCUT2D eigenvalue weighted by atomic mass is 16.6. The minimum atomic E-state index is -0.720. The number of urea groups is 1. The van der Waals surface area contributed by atoms with Crippen LogP contribution in [0.2, 0.25) is 0 Å². The van der Waals surface area contributed by atoms with Gasteiger partial charge in [0.1, 0.15) is 11.9 Å². The number of nitrogens with one attached hydrogen (secondary N) is 2. The quantitative estimate of drug-likeness (QED) is 0.823. The second kappa shape index (κ2) is 4.12. The molecule has 3 atom stereocenters. The average Bonchev–Trinajstić information content (AvgIpc) is 2.94. The van der Waals surface area contributed by atoms with Gasteiger partial charge in [0.15, 0.2) is 0 Å². The van der Waals surface area contributed by atoms with Gasteiger partial charge in [-0.3, -0.25) is 5.32 Å². The molecule has 106 valence electrons. The largest absolute Gasteiger partial charge is 0.464 e. The molecule has 3 heterocycles. The molecule has 3 aliphatic rings. The number of para-hydroxylation sites is 1. The Morgan fingerprint density at radius 3 is 3.10 bits per heavy atom. The van der Waals surface area contributed by atoms with Gasteiger partial charge < -0.3 is 14.8 Å². The van der Waals surface area contributed by atoms with Crippen LogP contribution in [0.1, 0.15) is 36.4 Å². The van der Waals surface area contributed by atoms with Crippen molar-refractivity contribution in [1.82, 2.24) is 10.6 Å². The zero-order chi connectivity index (χ0) is 13.7. The summed E-state index contributed by atoms with van der Waals surface area (Å²) in [7, 11) is 0. The lowest BCUT2D eigenvalue weighted by Gasteiger charge is -2.49. The number of aryl methyl sites for hydroxylation is 1. The Bertz CT molecular complexity index is 568. The lowest BCUT2D eigenvalue weighted by Crippen LogP contribution is -2.69. The van der Waals surface area contributed by atoms with Crippen molar-refractivity contribution >= 4 is 6.03 Å². The Kier molecular flexibility index (Phi) is 2.48. The molecule has 2 N–H and O–H groups in total. The third-order valence-electron chi connectivity index (χ3n) is 4.49. The number of rotatable bonds is 1. The molecule has 0 radical (unpaired) electrons. The van der Waals surface area contributed by atoms with Crippen LogP contribution in [0.4, 0.5) is 4.79 Å². The normalized spacial score (nSPS) is 34.8. The minimum absolute atomic E-state index is 0.00315. The van der Waals surface area contributed by atoms with E-state index in [1.165, 1.54) is 0 Å². The van der Waals surface area contributed by atoms with Gasteiger partial charge in [-0.1, -0.05) is 18.2 Å². The van der Waals surface area contributed by atoms with E-state index in [0.717, 1.165) is 36.3 Å². The number of carbonyl (C=O) groups excluding carboxylic acids is 1. The summed E-state index contributed by atoms with van der Waals surface area (Å²) in [4.78, 5) is 12.0. The average molecular weight is 274 g/mol. The molecular formula is C15H18N2O3. The molecule has 0 aliphatic carbocycles. The summed E-state index contributed by atoms with van der Waals surface area (Å²) in [6.45, 7) is 2.77. The van der Waals surface area contributed by atoms with Crippen molar-refractivity contribution < 1.29 is 14.3 Å². The lowest BCUT2D eigenvalue weighted by molar-refractivity contribution is -0.106. The van der Waals surface area contributed by atoms with Gasteiger partial charge in [-0.05, 0) is 25.3 Å². The predicted octanol–water partition coefficient (Wildman–Crippen LogP) is 2.01. The predicted molar refractivity (Wildman–Crippen MR) is 72.5 cm³/mol. The fourth-order valence-corrected chi connectivity index (χ4v) is 3.54. The Hall–Kier alpha value is -1.75. The van der Waals surface area contributed by atoms with Crippen LogP contribution in [0.3, 0.4) is 0 Å². The van der Waals surface area contributed by atoms with E-state index in [2.05, 4.69) is 10.6 Å². The van der Waals surface area contributed by atoms with Gasteiger partial charge >= 0.3 is 6.03 Å². The Morgan fingerprint density at radius 2 is 2.30 bits per heavy atom. The number of hydrogen-bond donors (Lipinski definition) is 2. The maximum Gasteiger partial charge on any atom is 0.318 e. The highest BCUT2D eigenvalue weighted by Crippen LogP contribution is 2.45. The van der Waals surface area contributed by atoms with Gasteiger partial charge in [-0.25, -0.2) is 4.79 Å². The number of fused-ring (bicyclic) bond motifs is 4. The number of benzene rings is 1. The van der Waals surface area contributed by atoms with Crippen molar-refractivity contribution in [1.29, 1.82) is 0 Å². The van der Waals surface area contributed by atoms with Crippen molar-refractivity contribution in [3.63, 3.8) is 0 Å². The van der Waals surface area contributed by atoms with Crippen molar-refractivity contribution in [3.8, 4) is 5.75 Å². The number of amides is 2. The van der Waals surface area contributed by atoms with Crippen LogP contribution in [0.15, 0.2) is 18.2 Å². The van der Waals surface area contributed by atoms with E-state index >= 15 is 0 Å². The zero-order valence-electron chi connectivity index (χ0n) is 11.4. The molecule has 1 aromatic carbocycles. The number of ether oxygens (including phenoxy) is 2. The molecule has 20 heavy (non-hydrogen) atoms. The first-order valence-corrected chi connectivity index (χ1v) is 7.17. The van der Waals surface area contributed by atoms with Gasteiger partial charge in [-0.15, -0.1) is 0 Å². The van der Waals surface area contributed by atoms with Crippen molar-refractivity contribution in [2.75, 3.05) is 6.61 Å². The van der Waals surface area contributed by atoms with E-state index in [1.807, 2.05) is 25.1 Å². The SMILES string of the molecule is Cc1cccc2c1OC1(C3CCCO3)CC2NC(=O)N1. The van der Waals surface area contributed by atoms with Crippen LogP contribution >= 0.6 is 0 Å². The van der Waals surface area contributed by atoms with Crippen LogP contribution < -0.4 is 15.4 Å². The zero-order valence-corrected chi connectivity index (χ0v) is 11.4. The summed E-state index contributed by atoms with van der Waals surface area (Å²) in [6, 6.07) is 5.88. The van der Waals surface area contributed by atoms with Crippen molar-refractivity contribution in [2.45, 2.75) is 44.1 Å². The second-order valence-corrected chi connectivity index (χ2v) is 5.84. The molecule has 4 rings (SSSR count). The first-order chi connectivity index (χ1) is 9.68. The Morgan fingerprint density at radius 1 is 1.40 bits per heavy atom. The van der Waals surface area contributed by atoms with E-state index in [4.69, 9.17) is 9.47 Å². The molecule has 2 fully saturated rings. The van der Waals surface area contributed by atoms with E-state index < -0.39 is 5.72 Å². The van der Waals surface area contributed by atoms with E-state index in [9.17, 15) is 4.79 Å². The fraction of sp³-hybridized carbons (Fsp3) is 0.533. The highest BCUT2D eigenvalue weighted by Gasteiger charge is 2.53. The highest BCUT2D eigenvalue weighted by molar-refractivity contribution is 5.77. The summed E-state index contributed by atoms with van der Waals surface area (Å²) >= 11 is 0. The van der Waals surface area contributed by atoms with Gasteiger partial charge in [0.05, 0.1) is 6.04 Å². The first-order valence-electron chi connectivity index (χ1n) is 7.17. The fourth-order valence-electron chi connectivity index (χ4n) is 3.54. The molecule has 2 saturated heterocycles. The molecule has 5 nitrogen and oxygen atoms in total. The van der Waals surface area contributed by atoms with Gasteiger partial charge in [0.2, 0.25) is 5.72 Å². The van der Waals surface area contributed by atoms with E-state index in [-0.39, 0.29) is 18.2 Å². The third-order valence-corrected chi connectivity index (χ3v) is 4.49. The minimum Gasteiger partial charge on any atom is -0.464 e. The monoisotopic (exact) mass is 274 g/mol. The van der Waals surface area contributed by atoms with E-state index in [1.54, 1.807) is 0 Å². The topological polar surface area (TPSA) is 59.6 Å². The smallest absolute Gasteiger partial charge is 0.318 e. The molecule has 0 aromatic heterocycles. The maximum absolute atomic E-state index is 12.0. The van der Waals surface area contributed by atoms with Crippen LogP contribution in [-0.4, -0.2) is 24.5 Å². The summed E-state index contributed by atoms with van der Waals surface area (Å²) in [5, 5.41) is 5.97. The number of hydrogen-bond acceptors (Lipinski definition) is 3. The van der Waals surface area contributed by atoms with Gasteiger partial charge in [0.25, 0.3) is 0 Å². The molecule has 0 saturated carbocycles. The summed E-state index contributed by atoms with van der Waals surface area (Å²) in [5.74, 6) is 0.881. The van der Waals surface area contributed by atoms with Crippen LogP contribution in [0.5, 0.6) is 5.75 Å². The molecule has 1 aromatic rings. The Balaban J connectivity index is 1.81. The molecule has 5 heteroatoms. The van der Waals surface area contributed by atoms with Crippen LogP contribution in [0.25, 0.3) is 0 Å². The second-order valence-electron chi connectivity index (χ2n) is 5.84. The van der Waals surface area contributed by atoms with Crippen molar-refractivity contribution in [2.24, 2.45) is 0 Å². The molecule has 2 amide bonds. The van der Waals surface area contributed by atoms with Crippen LogP contribution in [-0.2, 0) is 4.74 Å². The number of carbonyl (C=O) groups is 1. The van der Waals surface area contributed by atoms with Gasteiger partial charge in [0, 0.05) is 18.6 Å². The molecule has 3 unspecified atom stereocenters. The standard InChI is InChI=1S/C15H18N2O3/c1-9-4-2-5-10-11-8-15(20-13(9)10,17-14(18)16-11)12-6-3-7-19-12/h2,4-5,11-12H,3,6-8H2,1H3,(H2,16,17,18). The summed E-state index contributed by atoms with van der Waals surface area (Å²) in [6.07, 6.45) is 2.59. The van der Waals surface area contributed by atoms with E-state index in [0.29, 0.717) is 6.42 Å². The molecule has 2 bridgehead atoms. The van der Waals surface area contributed by atoms with Crippen LogP contribution in [0, 0.1) is 6.92 Å². The third kappa shape index (κ3) is 1.62. The van der Waals surface area contributed by atoms with Crippen molar-refractivity contribution in [3.05, 3.63) is 29.3 Å². The lowest BCUT2D eigenvalue weighted by atomic mass is 9.86. The summed E-state index contributed by atoms with van der Waals surface area (Å²) < 4.78 is 12.1. The molecule has 3 aliphatic heterocycles. The molecule has 0 spiro atoms. The maximum atomic E-state index is 12.0. The molecular weight excluding hydrogens is 256 g/mol. The first kappa shape index (κ1) is 12.0. The Labute approximate surface area is 117 Å².